The largest absolute Gasteiger partial charge is 0.384 e. The van der Waals surface area contributed by atoms with Crippen LogP contribution in [-0.2, 0) is 14.8 Å². The molecule has 0 amide bonds. The van der Waals surface area contributed by atoms with Gasteiger partial charge in [0.15, 0.2) is 0 Å². The molecule has 0 radical (unpaired) electrons. The van der Waals surface area contributed by atoms with E-state index in [2.05, 4.69) is 10.0 Å². The maximum atomic E-state index is 12.1. The number of rotatable bonds is 8. The Labute approximate surface area is 121 Å². The summed E-state index contributed by atoms with van der Waals surface area (Å²) in [6.45, 7) is 4.85. The standard InChI is InChI=1S/C14H24N2O3S/c1-11(10-19-4)9-16-20(17,18)14-7-5-13(6-8-14)12(2)15-3/h5-8,11-12,15-16H,9-10H2,1-4H3. The Hall–Kier alpha value is -0.950. The Balaban J connectivity index is 2.73. The third kappa shape index (κ3) is 4.86. The highest BCUT2D eigenvalue weighted by Gasteiger charge is 2.15. The van der Waals surface area contributed by atoms with Crippen LogP contribution in [0, 0.1) is 5.92 Å². The van der Waals surface area contributed by atoms with E-state index in [0.717, 1.165) is 5.56 Å². The molecule has 6 heteroatoms. The normalized spacial score (nSPS) is 15.0. The molecule has 0 aliphatic heterocycles. The van der Waals surface area contributed by atoms with E-state index >= 15 is 0 Å². The first-order valence-electron chi connectivity index (χ1n) is 6.66. The monoisotopic (exact) mass is 300 g/mol. The minimum absolute atomic E-state index is 0.137. The van der Waals surface area contributed by atoms with Crippen LogP contribution in [0.3, 0.4) is 0 Å². The Kier molecular flexibility index (Phi) is 6.61. The molecule has 114 valence electrons. The smallest absolute Gasteiger partial charge is 0.240 e. The van der Waals surface area contributed by atoms with Crippen molar-refractivity contribution < 1.29 is 13.2 Å². The van der Waals surface area contributed by atoms with Crippen LogP contribution in [0.5, 0.6) is 0 Å². The number of sulfonamides is 1. The van der Waals surface area contributed by atoms with Crippen LogP contribution in [-0.4, -0.2) is 35.7 Å². The number of benzene rings is 1. The average Bonchev–Trinajstić information content (AvgIpc) is 2.45. The number of hydrogen-bond donors (Lipinski definition) is 2. The topological polar surface area (TPSA) is 67.4 Å². The zero-order valence-electron chi connectivity index (χ0n) is 12.5. The van der Waals surface area contributed by atoms with Gasteiger partial charge in [0.25, 0.3) is 0 Å². The van der Waals surface area contributed by atoms with Crippen molar-refractivity contribution in [3.63, 3.8) is 0 Å². The van der Waals surface area contributed by atoms with E-state index in [-0.39, 0.29) is 16.9 Å². The molecule has 0 bridgehead atoms. The molecule has 2 atom stereocenters. The molecule has 0 fully saturated rings. The minimum atomic E-state index is -3.45. The zero-order valence-corrected chi connectivity index (χ0v) is 13.3. The molecule has 0 heterocycles. The second-order valence-corrected chi connectivity index (χ2v) is 6.76. The number of ether oxygens (including phenoxy) is 1. The van der Waals surface area contributed by atoms with E-state index in [1.54, 1.807) is 19.2 Å². The molecule has 20 heavy (non-hydrogen) atoms. The summed E-state index contributed by atoms with van der Waals surface area (Å²) < 4.78 is 31.8. The predicted octanol–water partition coefficient (Wildman–Crippen LogP) is 1.53. The molecular weight excluding hydrogens is 276 g/mol. The summed E-state index contributed by atoms with van der Waals surface area (Å²) in [6, 6.07) is 7.11. The highest BCUT2D eigenvalue weighted by Crippen LogP contribution is 2.15. The lowest BCUT2D eigenvalue weighted by atomic mass is 10.1. The van der Waals surface area contributed by atoms with Gasteiger partial charge in [-0.05, 0) is 37.6 Å². The van der Waals surface area contributed by atoms with Crippen molar-refractivity contribution in [3.8, 4) is 0 Å². The lowest BCUT2D eigenvalue weighted by Gasteiger charge is -2.13. The fourth-order valence-electron chi connectivity index (χ4n) is 1.78. The van der Waals surface area contributed by atoms with Crippen molar-refractivity contribution >= 4 is 10.0 Å². The molecule has 1 rings (SSSR count). The van der Waals surface area contributed by atoms with E-state index in [4.69, 9.17) is 4.74 Å². The average molecular weight is 300 g/mol. The van der Waals surface area contributed by atoms with Crippen LogP contribution in [0.4, 0.5) is 0 Å². The van der Waals surface area contributed by atoms with Crippen LogP contribution in [0.2, 0.25) is 0 Å². The minimum Gasteiger partial charge on any atom is -0.384 e. The number of methoxy groups -OCH3 is 1. The second-order valence-electron chi connectivity index (χ2n) is 4.99. The van der Waals surface area contributed by atoms with Gasteiger partial charge in [-0.3, -0.25) is 0 Å². The number of nitrogens with one attached hydrogen (secondary N) is 2. The Morgan fingerprint density at radius 1 is 1.20 bits per heavy atom. The lowest BCUT2D eigenvalue weighted by molar-refractivity contribution is 0.161. The van der Waals surface area contributed by atoms with Crippen LogP contribution in [0.25, 0.3) is 0 Å². The van der Waals surface area contributed by atoms with E-state index < -0.39 is 10.0 Å². The van der Waals surface area contributed by atoms with Gasteiger partial charge in [-0.25, -0.2) is 13.1 Å². The van der Waals surface area contributed by atoms with Crippen LogP contribution < -0.4 is 10.0 Å². The molecule has 2 N–H and O–H groups in total. The van der Waals surface area contributed by atoms with E-state index in [1.165, 1.54) is 0 Å². The summed E-state index contributed by atoms with van der Waals surface area (Å²) in [4.78, 5) is 0.286. The van der Waals surface area contributed by atoms with Gasteiger partial charge in [0.1, 0.15) is 0 Å². The first kappa shape index (κ1) is 17.1. The van der Waals surface area contributed by atoms with Gasteiger partial charge in [-0.15, -0.1) is 0 Å². The Bertz CT molecular complexity index is 500. The van der Waals surface area contributed by atoms with Gasteiger partial charge in [0.2, 0.25) is 10.0 Å². The SMILES string of the molecule is CNC(C)c1ccc(S(=O)(=O)NCC(C)COC)cc1. The molecule has 0 saturated carbocycles. The summed E-state index contributed by atoms with van der Waals surface area (Å²) in [7, 11) is 0.0241. The summed E-state index contributed by atoms with van der Waals surface area (Å²) >= 11 is 0. The molecule has 5 nitrogen and oxygen atoms in total. The quantitative estimate of drug-likeness (QED) is 0.764. The summed E-state index contributed by atoms with van der Waals surface area (Å²) in [5, 5.41) is 3.11. The van der Waals surface area contributed by atoms with Crippen LogP contribution in [0.15, 0.2) is 29.2 Å². The maximum absolute atomic E-state index is 12.1. The molecule has 0 saturated heterocycles. The van der Waals surface area contributed by atoms with Gasteiger partial charge in [0.05, 0.1) is 4.90 Å². The zero-order chi connectivity index (χ0) is 15.2. The third-order valence-electron chi connectivity index (χ3n) is 3.20. The molecule has 0 spiro atoms. The molecule has 0 aliphatic carbocycles. The van der Waals surface area contributed by atoms with Crippen molar-refractivity contribution in [2.45, 2.75) is 24.8 Å². The van der Waals surface area contributed by atoms with Crippen molar-refractivity contribution in [2.24, 2.45) is 5.92 Å². The van der Waals surface area contributed by atoms with Gasteiger partial charge in [-0.1, -0.05) is 19.1 Å². The molecule has 0 aliphatic rings. The van der Waals surface area contributed by atoms with Crippen molar-refractivity contribution in [2.75, 3.05) is 27.3 Å². The summed E-state index contributed by atoms with van der Waals surface area (Å²) in [5.74, 6) is 0.137. The van der Waals surface area contributed by atoms with Gasteiger partial charge < -0.3 is 10.1 Å². The fraction of sp³-hybridized carbons (Fsp3) is 0.571. The van der Waals surface area contributed by atoms with Gasteiger partial charge >= 0.3 is 0 Å². The van der Waals surface area contributed by atoms with Crippen molar-refractivity contribution in [3.05, 3.63) is 29.8 Å². The maximum Gasteiger partial charge on any atom is 0.240 e. The molecule has 1 aromatic rings. The van der Waals surface area contributed by atoms with Gasteiger partial charge in [-0.2, -0.15) is 0 Å². The Morgan fingerprint density at radius 3 is 2.30 bits per heavy atom. The summed E-state index contributed by atoms with van der Waals surface area (Å²) in [5.41, 5.74) is 1.05. The highest BCUT2D eigenvalue weighted by molar-refractivity contribution is 7.89. The van der Waals surface area contributed by atoms with E-state index in [9.17, 15) is 8.42 Å². The lowest BCUT2D eigenvalue weighted by Crippen LogP contribution is -2.30. The first-order chi connectivity index (χ1) is 9.40. The Morgan fingerprint density at radius 2 is 1.80 bits per heavy atom. The van der Waals surface area contributed by atoms with Crippen molar-refractivity contribution in [1.82, 2.24) is 10.0 Å². The van der Waals surface area contributed by atoms with Gasteiger partial charge in [0, 0.05) is 26.3 Å². The van der Waals surface area contributed by atoms with E-state index in [1.807, 2.05) is 33.0 Å². The molecule has 0 aromatic heterocycles. The summed E-state index contributed by atoms with van der Waals surface area (Å²) in [6.07, 6.45) is 0. The van der Waals surface area contributed by atoms with Crippen molar-refractivity contribution in [1.29, 1.82) is 0 Å². The van der Waals surface area contributed by atoms with E-state index in [0.29, 0.717) is 13.2 Å². The first-order valence-corrected chi connectivity index (χ1v) is 8.15. The molecule has 2 unspecified atom stereocenters. The predicted molar refractivity (Wildman–Crippen MR) is 80.1 cm³/mol. The molecule has 1 aromatic carbocycles. The van der Waals surface area contributed by atoms with Crippen LogP contribution in [0.1, 0.15) is 25.5 Å². The highest BCUT2D eigenvalue weighted by atomic mass is 32.2. The third-order valence-corrected chi connectivity index (χ3v) is 4.64. The second kappa shape index (κ2) is 7.73. The molecular formula is C14H24N2O3S. The number of hydrogen-bond acceptors (Lipinski definition) is 4. The van der Waals surface area contributed by atoms with Crippen LogP contribution >= 0.6 is 0 Å². The fourth-order valence-corrected chi connectivity index (χ4v) is 2.95.